The molecule has 4 aromatic carbocycles. The number of nitrogens with zero attached hydrogens (tertiary/aromatic N) is 1. The van der Waals surface area contributed by atoms with Crippen LogP contribution in [0.15, 0.2) is 97.1 Å². The summed E-state index contributed by atoms with van der Waals surface area (Å²) in [6.45, 7) is 2.77. The lowest BCUT2D eigenvalue weighted by atomic mass is 10.1. The van der Waals surface area contributed by atoms with Gasteiger partial charge < -0.3 is 24.6 Å². The minimum absolute atomic E-state index is 0.0266. The molecule has 0 aliphatic heterocycles. The highest BCUT2D eigenvalue weighted by molar-refractivity contribution is 7.92. The van der Waals surface area contributed by atoms with Crippen LogP contribution in [0, 0.1) is 6.92 Å². The van der Waals surface area contributed by atoms with Gasteiger partial charge in [-0.1, -0.05) is 54.6 Å². The van der Waals surface area contributed by atoms with Gasteiger partial charge >= 0.3 is 5.97 Å². The Morgan fingerprint density at radius 2 is 1.50 bits per heavy atom. The summed E-state index contributed by atoms with van der Waals surface area (Å²) in [5, 5.41) is 18.4. The summed E-state index contributed by atoms with van der Waals surface area (Å²) in [5.74, 6) is 0.237. The Balaban J connectivity index is 1.52. The second kappa shape index (κ2) is 13.9. The van der Waals surface area contributed by atoms with Crippen LogP contribution in [-0.2, 0) is 27.9 Å². The summed E-state index contributed by atoms with van der Waals surface area (Å²) in [6.07, 6.45) is -0.0474. The Hall–Kier alpha value is -4.54. The Labute approximate surface area is 246 Å². The van der Waals surface area contributed by atoms with Gasteiger partial charge in [-0.2, -0.15) is 0 Å². The summed E-state index contributed by atoms with van der Waals surface area (Å²) in [7, 11) is -3.43. The lowest BCUT2D eigenvalue weighted by Crippen LogP contribution is -2.28. The number of rotatable bonds is 14. The van der Waals surface area contributed by atoms with Crippen molar-refractivity contribution in [2.24, 2.45) is 0 Å². The largest absolute Gasteiger partial charge is 0.479 e. The number of carboxylic acids is 1. The molecular weight excluding hydrogens is 556 g/mol. The fourth-order valence-corrected chi connectivity index (χ4v) is 5.07. The zero-order chi connectivity index (χ0) is 30.1. The van der Waals surface area contributed by atoms with E-state index in [2.05, 4.69) is 21.8 Å². The molecule has 42 heavy (non-hydrogen) atoms. The molecule has 0 spiro atoms. The maximum Gasteiger partial charge on any atom is 0.344 e. The predicted molar refractivity (Wildman–Crippen MR) is 163 cm³/mol. The smallest absolute Gasteiger partial charge is 0.344 e. The van der Waals surface area contributed by atoms with E-state index >= 15 is 0 Å². The minimum Gasteiger partial charge on any atom is -0.479 e. The van der Waals surface area contributed by atoms with E-state index in [1.54, 1.807) is 30.3 Å². The molecule has 0 aliphatic carbocycles. The number of benzene rings is 4. The second-order valence-electron chi connectivity index (χ2n) is 9.84. The van der Waals surface area contributed by atoms with Gasteiger partial charge in [0.2, 0.25) is 10.0 Å². The van der Waals surface area contributed by atoms with E-state index in [1.165, 1.54) is 0 Å². The standard InChI is InChI=1S/C32H34N2O7S/c1-23-29(33-42(2,38)39)12-7-13-30(23)34(21-24-8-4-3-5-9-24)22-25-14-16-26(17-15-25)40-27-10-6-11-28(20-27)41-31(18-19-35)32(36)37/h3-17,20,31,33,35H,18-19,21-22H2,1-2H3,(H,36,37). The van der Waals surface area contributed by atoms with E-state index in [0.29, 0.717) is 36.0 Å². The molecule has 4 aromatic rings. The van der Waals surface area contributed by atoms with Gasteiger partial charge in [0, 0.05) is 37.9 Å². The van der Waals surface area contributed by atoms with E-state index < -0.39 is 22.1 Å². The summed E-state index contributed by atoms with van der Waals surface area (Å²) in [5.41, 5.74) is 4.40. The van der Waals surface area contributed by atoms with Crippen LogP contribution in [0.2, 0.25) is 0 Å². The molecule has 10 heteroatoms. The van der Waals surface area contributed by atoms with Gasteiger partial charge in [0.1, 0.15) is 17.2 Å². The first kappa shape index (κ1) is 30.4. The van der Waals surface area contributed by atoms with Crippen LogP contribution in [0.4, 0.5) is 11.4 Å². The Morgan fingerprint density at radius 1 is 0.857 bits per heavy atom. The van der Waals surface area contributed by atoms with Gasteiger partial charge in [0.05, 0.1) is 11.9 Å². The molecule has 0 saturated heterocycles. The Kier molecular flexibility index (Phi) is 10.1. The Bertz CT molecular complexity index is 1590. The Morgan fingerprint density at radius 3 is 2.14 bits per heavy atom. The van der Waals surface area contributed by atoms with Crippen molar-refractivity contribution in [2.75, 3.05) is 22.5 Å². The van der Waals surface area contributed by atoms with E-state index in [9.17, 15) is 18.3 Å². The molecule has 1 unspecified atom stereocenters. The number of carboxylic acid groups (broad SMARTS) is 1. The van der Waals surface area contributed by atoms with Gasteiger partial charge in [-0.05, 0) is 60.0 Å². The van der Waals surface area contributed by atoms with Crippen molar-refractivity contribution < 1.29 is 32.9 Å². The number of aliphatic hydroxyl groups excluding tert-OH is 1. The van der Waals surface area contributed by atoms with Crippen molar-refractivity contribution in [3.8, 4) is 17.2 Å². The van der Waals surface area contributed by atoms with Crippen LogP contribution in [0.1, 0.15) is 23.1 Å². The van der Waals surface area contributed by atoms with Crippen LogP contribution in [0.25, 0.3) is 0 Å². The minimum atomic E-state index is -3.43. The molecule has 0 fully saturated rings. The van der Waals surface area contributed by atoms with Crippen LogP contribution in [0.3, 0.4) is 0 Å². The molecule has 0 amide bonds. The first-order chi connectivity index (χ1) is 20.1. The van der Waals surface area contributed by atoms with Crippen LogP contribution >= 0.6 is 0 Å². The molecule has 0 bridgehead atoms. The number of aliphatic carboxylic acids is 1. The molecule has 3 N–H and O–H groups in total. The molecule has 0 saturated carbocycles. The van der Waals surface area contributed by atoms with E-state index in [0.717, 1.165) is 28.6 Å². The molecule has 9 nitrogen and oxygen atoms in total. The SMILES string of the molecule is Cc1c(NS(C)(=O)=O)cccc1N(Cc1ccccc1)Cc1ccc(Oc2cccc(OC(CCO)C(=O)O)c2)cc1. The van der Waals surface area contributed by atoms with Gasteiger partial charge in [-0.3, -0.25) is 4.72 Å². The number of sulfonamides is 1. The average Bonchev–Trinajstić information content (AvgIpc) is 2.95. The average molecular weight is 591 g/mol. The van der Waals surface area contributed by atoms with Crippen molar-refractivity contribution in [1.82, 2.24) is 0 Å². The van der Waals surface area contributed by atoms with Gasteiger partial charge in [0.15, 0.2) is 6.10 Å². The monoisotopic (exact) mass is 590 g/mol. The lowest BCUT2D eigenvalue weighted by molar-refractivity contribution is -0.145. The second-order valence-corrected chi connectivity index (χ2v) is 11.6. The third kappa shape index (κ3) is 8.73. The molecule has 1 atom stereocenters. The zero-order valence-corrected chi connectivity index (χ0v) is 24.3. The number of hydrogen-bond donors (Lipinski definition) is 3. The molecule has 4 rings (SSSR count). The van der Waals surface area contributed by atoms with Crippen molar-refractivity contribution in [2.45, 2.75) is 32.5 Å². The zero-order valence-electron chi connectivity index (χ0n) is 23.4. The topological polar surface area (TPSA) is 125 Å². The van der Waals surface area contributed by atoms with Gasteiger partial charge in [-0.25, -0.2) is 13.2 Å². The number of carbonyl (C=O) groups is 1. The molecule has 0 heterocycles. The van der Waals surface area contributed by atoms with Crippen LogP contribution in [0.5, 0.6) is 17.2 Å². The normalized spacial score (nSPS) is 11.9. The summed E-state index contributed by atoms with van der Waals surface area (Å²) >= 11 is 0. The van der Waals surface area contributed by atoms with Crippen molar-refractivity contribution in [3.05, 3.63) is 114 Å². The summed E-state index contributed by atoms with van der Waals surface area (Å²) in [6, 6.07) is 29.9. The number of nitrogens with one attached hydrogen (secondary N) is 1. The fourth-order valence-electron chi connectivity index (χ4n) is 4.45. The summed E-state index contributed by atoms with van der Waals surface area (Å²) < 4.78 is 37.9. The van der Waals surface area contributed by atoms with Crippen LogP contribution < -0.4 is 19.1 Å². The van der Waals surface area contributed by atoms with Crippen molar-refractivity contribution in [3.63, 3.8) is 0 Å². The first-order valence-corrected chi connectivity index (χ1v) is 15.2. The maximum atomic E-state index is 11.9. The summed E-state index contributed by atoms with van der Waals surface area (Å²) in [4.78, 5) is 13.6. The first-order valence-electron chi connectivity index (χ1n) is 13.3. The van der Waals surface area contributed by atoms with E-state index in [-0.39, 0.29) is 13.0 Å². The van der Waals surface area contributed by atoms with E-state index in [1.807, 2.05) is 61.5 Å². The van der Waals surface area contributed by atoms with Crippen LogP contribution in [-0.4, -0.2) is 43.6 Å². The molecule has 0 aliphatic rings. The number of anilines is 2. The quantitative estimate of drug-likeness (QED) is 0.174. The highest BCUT2D eigenvalue weighted by Gasteiger charge is 2.19. The number of ether oxygens (including phenoxy) is 2. The molecule has 0 aromatic heterocycles. The lowest BCUT2D eigenvalue weighted by Gasteiger charge is -2.28. The van der Waals surface area contributed by atoms with Crippen molar-refractivity contribution in [1.29, 1.82) is 0 Å². The highest BCUT2D eigenvalue weighted by atomic mass is 32.2. The third-order valence-corrected chi connectivity index (χ3v) is 7.03. The van der Waals surface area contributed by atoms with E-state index in [4.69, 9.17) is 14.6 Å². The predicted octanol–water partition coefficient (Wildman–Crippen LogP) is 5.58. The fraction of sp³-hybridized carbons (Fsp3) is 0.219. The number of hydrogen-bond acceptors (Lipinski definition) is 7. The number of aliphatic hydroxyl groups is 1. The van der Waals surface area contributed by atoms with Gasteiger partial charge in [-0.15, -0.1) is 0 Å². The molecule has 220 valence electrons. The van der Waals surface area contributed by atoms with Crippen molar-refractivity contribution >= 4 is 27.4 Å². The maximum absolute atomic E-state index is 11.9. The third-order valence-electron chi connectivity index (χ3n) is 6.44. The molecular formula is C32H34N2O7S. The van der Waals surface area contributed by atoms with Gasteiger partial charge in [0.25, 0.3) is 0 Å². The highest BCUT2D eigenvalue weighted by Crippen LogP contribution is 2.31. The molecule has 0 radical (unpaired) electrons.